The van der Waals surface area contributed by atoms with Gasteiger partial charge in [0.1, 0.15) is 0 Å². The molecule has 0 bridgehead atoms. The van der Waals surface area contributed by atoms with Crippen LogP contribution in [0.1, 0.15) is 5.56 Å². The van der Waals surface area contributed by atoms with E-state index in [-0.39, 0.29) is 0 Å². The fourth-order valence-corrected chi connectivity index (χ4v) is 1.48. The highest BCUT2D eigenvalue weighted by molar-refractivity contribution is 5.47. The van der Waals surface area contributed by atoms with Crippen LogP contribution in [0, 0.1) is 11.3 Å². The summed E-state index contributed by atoms with van der Waals surface area (Å²) in [5.74, 6) is 0. The zero-order chi connectivity index (χ0) is 12.1. The molecule has 0 amide bonds. The molecule has 0 aliphatic rings. The molecule has 1 aromatic carbocycles. The van der Waals surface area contributed by atoms with E-state index in [0.29, 0.717) is 11.3 Å². The van der Waals surface area contributed by atoms with Crippen LogP contribution in [-0.2, 0) is 6.54 Å². The minimum Gasteiger partial charge on any atom is -0.396 e. The molecule has 2 rings (SSSR count). The van der Waals surface area contributed by atoms with Crippen molar-refractivity contribution < 1.29 is 0 Å². The van der Waals surface area contributed by atoms with Crippen molar-refractivity contribution in [3.8, 4) is 6.07 Å². The highest BCUT2D eigenvalue weighted by Gasteiger charge is 1.95. The monoisotopic (exact) mass is 227 g/mol. The van der Waals surface area contributed by atoms with E-state index >= 15 is 0 Å². The van der Waals surface area contributed by atoms with E-state index in [0.717, 1.165) is 18.8 Å². The summed E-state index contributed by atoms with van der Waals surface area (Å²) in [7, 11) is 0. The molecule has 0 atom stereocenters. The van der Waals surface area contributed by atoms with Gasteiger partial charge in [-0.1, -0.05) is 0 Å². The first-order valence-electron chi connectivity index (χ1n) is 5.30. The molecule has 0 unspecified atom stereocenters. The Bertz CT molecular complexity index is 521. The number of nitrogen functional groups attached to an aromatic ring is 1. The number of nitriles is 1. The van der Waals surface area contributed by atoms with Crippen LogP contribution in [0.2, 0.25) is 0 Å². The first-order chi connectivity index (χ1) is 8.28. The number of anilines is 2. The van der Waals surface area contributed by atoms with Crippen LogP contribution >= 0.6 is 0 Å². The van der Waals surface area contributed by atoms with Crippen LogP contribution in [0.5, 0.6) is 0 Å². The van der Waals surface area contributed by atoms with E-state index in [4.69, 9.17) is 11.0 Å². The molecule has 86 valence electrons. The molecule has 17 heavy (non-hydrogen) atoms. The molecule has 1 heterocycles. The van der Waals surface area contributed by atoms with E-state index in [1.807, 2.05) is 12.1 Å². The Labute approximate surface area is 99.5 Å². The Kier molecular flexibility index (Phi) is 3.26. The molecule has 3 N–H and O–H groups in total. The summed E-state index contributed by atoms with van der Waals surface area (Å²) in [5.41, 5.74) is 7.88. The number of nitrogens with one attached hydrogen (secondary N) is 1. The Morgan fingerprint density at radius 2 is 2.12 bits per heavy atom. The van der Waals surface area contributed by atoms with Gasteiger partial charge in [0.2, 0.25) is 0 Å². The van der Waals surface area contributed by atoms with Crippen LogP contribution in [0.15, 0.2) is 36.7 Å². The van der Waals surface area contributed by atoms with Crippen molar-refractivity contribution in [1.82, 2.24) is 9.78 Å². The van der Waals surface area contributed by atoms with Crippen molar-refractivity contribution in [2.45, 2.75) is 6.54 Å². The molecule has 0 spiro atoms. The second-order valence-electron chi connectivity index (χ2n) is 3.65. The Morgan fingerprint density at radius 1 is 1.35 bits per heavy atom. The van der Waals surface area contributed by atoms with E-state index in [9.17, 15) is 0 Å². The fourth-order valence-electron chi connectivity index (χ4n) is 1.48. The molecule has 2 aromatic rings. The number of aromatic nitrogens is 2. The van der Waals surface area contributed by atoms with E-state index in [2.05, 4.69) is 16.5 Å². The standard InChI is InChI=1S/C12H13N5/c13-7-10-1-3-12(4-2-10)15-5-6-17-9-11(14)8-16-17/h1-4,8-9,15H,5-6,14H2. The maximum Gasteiger partial charge on any atom is 0.0991 e. The maximum absolute atomic E-state index is 8.66. The smallest absolute Gasteiger partial charge is 0.0991 e. The van der Waals surface area contributed by atoms with Gasteiger partial charge in [-0.2, -0.15) is 10.4 Å². The summed E-state index contributed by atoms with van der Waals surface area (Å²) in [6.07, 6.45) is 3.42. The van der Waals surface area contributed by atoms with Crippen molar-refractivity contribution in [2.24, 2.45) is 0 Å². The fraction of sp³-hybridized carbons (Fsp3) is 0.167. The van der Waals surface area contributed by atoms with Gasteiger partial charge >= 0.3 is 0 Å². The third kappa shape index (κ3) is 2.98. The van der Waals surface area contributed by atoms with E-state index in [1.165, 1.54) is 0 Å². The molecule has 0 saturated carbocycles. The van der Waals surface area contributed by atoms with Gasteiger partial charge in [0.25, 0.3) is 0 Å². The largest absolute Gasteiger partial charge is 0.396 e. The Morgan fingerprint density at radius 3 is 2.71 bits per heavy atom. The summed E-state index contributed by atoms with van der Waals surface area (Å²) in [5, 5.41) is 16.0. The molecule has 0 fully saturated rings. The topological polar surface area (TPSA) is 79.7 Å². The van der Waals surface area contributed by atoms with Gasteiger partial charge < -0.3 is 11.1 Å². The molecule has 0 aliphatic carbocycles. The normalized spacial score (nSPS) is 9.82. The summed E-state index contributed by atoms with van der Waals surface area (Å²) in [4.78, 5) is 0. The highest BCUT2D eigenvalue weighted by atomic mass is 15.3. The second kappa shape index (κ2) is 5.03. The zero-order valence-electron chi connectivity index (χ0n) is 9.30. The number of rotatable bonds is 4. The van der Waals surface area contributed by atoms with Crippen molar-refractivity contribution in [2.75, 3.05) is 17.6 Å². The SMILES string of the molecule is N#Cc1ccc(NCCn2cc(N)cn2)cc1. The van der Waals surface area contributed by atoms with Crippen molar-refractivity contribution >= 4 is 11.4 Å². The number of nitrogens with two attached hydrogens (primary N) is 1. The molecule has 0 saturated heterocycles. The first kappa shape index (κ1) is 11.0. The average Bonchev–Trinajstić information content (AvgIpc) is 2.76. The number of hydrogen-bond acceptors (Lipinski definition) is 4. The van der Waals surface area contributed by atoms with Gasteiger partial charge in [0, 0.05) is 18.4 Å². The molecule has 0 radical (unpaired) electrons. The van der Waals surface area contributed by atoms with Gasteiger partial charge in [0.15, 0.2) is 0 Å². The van der Waals surface area contributed by atoms with E-state index in [1.54, 1.807) is 29.2 Å². The van der Waals surface area contributed by atoms with Crippen molar-refractivity contribution in [3.05, 3.63) is 42.2 Å². The lowest BCUT2D eigenvalue weighted by molar-refractivity contribution is 0.638. The predicted octanol–water partition coefficient (Wildman–Crippen LogP) is 1.45. The van der Waals surface area contributed by atoms with Crippen molar-refractivity contribution in [1.29, 1.82) is 5.26 Å². The minimum atomic E-state index is 0.662. The molecule has 5 nitrogen and oxygen atoms in total. The van der Waals surface area contributed by atoms with Crippen LogP contribution in [0.3, 0.4) is 0 Å². The highest BCUT2D eigenvalue weighted by Crippen LogP contribution is 2.08. The minimum absolute atomic E-state index is 0.662. The lowest BCUT2D eigenvalue weighted by Gasteiger charge is -2.06. The van der Waals surface area contributed by atoms with Crippen LogP contribution in [-0.4, -0.2) is 16.3 Å². The molecule has 0 aliphatic heterocycles. The van der Waals surface area contributed by atoms with Gasteiger partial charge in [-0.3, -0.25) is 4.68 Å². The molecule has 1 aromatic heterocycles. The van der Waals surface area contributed by atoms with Gasteiger partial charge in [-0.05, 0) is 24.3 Å². The molecule has 5 heteroatoms. The third-order valence-corrected chi connectivity index (χ3v) is 2.34. The second-order valence-corrected chi connectivity index (χ2v) is 3.65. The predicted molar refractivity (Wildman–Crippen MR) is 66.3 cm³/mol. The summed E-state index contributed by atoms with van der Waals surface area (Å²) < 4.78 is 1.78. The van der Waals surface area contributed by atoms with Gasteiger partial charge in [-0.25, -0.2) is 0 Å². The van der Waals surface area contributed by atoms with Crippen LogP contribution in [0.4, 0.5) is 11.4 Å². The Hall–Kier alpha value is -2.48. The lowest BCUT2D eigenvalue weighted by atomic mass is 10.2. The van der Waals surface area contributed by atoms with Crippen LogP contribution < -0.4 is 11.1 Å². The van der Waals surface area contributed by atoms with Crippen molar-refractivity contribution in [3.63, 3.8) is 0 Å². The number of nitrogens with zero attached hydrogens (tertiary/aromatic N) is 3. The maximum atomic E-state index is 8.66. The van der Waals surface area contributed by atoms with Gasteiger partial charge in [-0.15, -0.1) is 0 Å². The quantitative estimate of drug-likeness (QED) is 0.828. The Balaban J connectivity index is 1.84. The summed E-state index contributed by atoms with van der Waals surface area (Å²) >= 11 is 0. The average molecular weight is 227 g/mol. The third-order valence-electron chi connectivity index (χ3n) is 2.34. The zero-order valence-corrected chi connectivity index (χ0v) is 9.30. The lowest BCUT2D eigenvalue weighted by Crippen LogP contribution is -2.10. The number of hydrogen-bond donors (Lipinski definition) is 2. The molecular weight excluding hydrogens is 214 g/mol. The van der Waals surface area contributed by atoms with Crippen LogP contribution in [0.25, 0.3) is 0 Å². The summed E-state index contributed by atoms with van der Waals surface area (Å²) in [6, 6.07) is 9.42. The first-order valence-corrected chi connectivity index (χ1v) is 5.30. The summed E-state index contributed by atoms with van der Waals surface area (Å²) in [6.45, 7) is 1.50. The van der Waals surface area contributed by atoms with E-state index < -0.39 is 0 Å². The number of benzene rings is 1. The van der Waals surface area contributed by atoms with Gasteiger partial charge in [0.05, 0.1) is 30.1 Å². The molecular formula is C12H13N5.